The predicted molar refractivity (Wildman–Crippen MR) is 96.6 cm³/mol. The standard InChI is InChI=1S/C16H16ClF3N4O2S/c1-21-15(23-7-13-24-12(8-27-13)16(18,19)20)22-6-9-4-10(17)14-11(5-9)25-2-3-26-14/h4-5,8H,2-3,6-7H2,1H3,(H2,21,22,23). The van der Waals surface area contributed by atoms with Crippen molar-refractivity contribution >= 4 is 28.9 Å². The van der Waals surface area contributed by atoms with Crippen LogP contribution in [0.1, 0.15) is 16.3 Å². The van der Waals surface area contributed by atoms with Gasteiger partial charge in [0.1, 0.15) is 18.2 Å². The number of thiazole rings is 1. The van der Waals surface area contributed by atoms with Gasteiger partial charge in [-0.05, 0) is 17.7 Å². The number of hydrogen-bond acceptors (Lipinski definition) is 5. The Morgan fingerprint density at radius 1 is 1.26 bits per heavy atom. The summed E-state index contributed by atoms with van der Waals surface area (Å²) >= 11 is 7.14. The van der Waals surface area contributed by atoms with Crippen molar-refractivity contribution in [2.45, 2.75) is 19.3 Å². The lowest BCUT2D eigenvalue weighted by Gasteiger charge is -2.20. The summed E-state index contributed by atoms with van der Waals surface area (Å²) < 4.78 is 48.8. The SMILES string of the molecule is CN=C(NCc1cc(Cl)c2c(c1)OCCO2)NCc1nc(C(F)(F)F)cs1. The molecule has 2 aromatic rings. The summed E-state index contributed by atoms with van der Waals surface area (Å²) in [6.07, 6.45) is -4.44. The molecule has 1 aliphatic heterocycles. The van der Waals surface area contributed by atoms with Crippen molar-refractivity contribution < 1.29 is 22.6 Å². The topological polar surface area (TPSA) is 67.8 Å². The first-order chi connectivity index (χ1) is 12.9. The van der Waals surface area contributed by atoms with E-state index in [-0.39, 0.29) is 6.54 Å². The first-order valence-corrected chi connectivity index (χ1v) is 9.16. The van der Waals surface area contributed by atoms with E-state index >= 15 is 0 Å². The van der Waals surface area contributed by atoms with Crippen LogP contribution in [0.4, 0.5) is 13.2 Å². The Morgan fingerprint density at radius 2 is 2.00 bits per heavy atom. The van der Waals surface area contributed by atoms with Crippen molar-refractivity contribution in [2.24, 2.45) is 4.99 Å². The van der Waals surface area contributed by atoms with Gasteiger partial charge >= 0.3 is 6.18 Å². The molecule has 0 saturated heterocycles. The van der Waals surface area contributed by atoms with E-state index in [1.165, 1.54) is 0 Å². The minimum Gasteiger partial charge on any atom is -0.486 e. The first kappa shape index (κ1) is 19.6. The van der Waals surface area contributed by atoms with Gasteiger partial charge in [0.15, 0.2) is 23.2 Å². The van der Waals surface area contributed by atoms with E-state index in [9.17, 15) is 13.2 Å². The van der Waals surface area contributed by atoms with Gasteiger partial charge in [0.25, 0.3) is 0 Å². The number of aromatic nitrogens is 1. The summed E-state index contributed by atoms with van der Waals surface area (Å²) in [5.74, 6) is 1.53. The third-order valence-electron chi connectivity index (χ3n) is 3.59. The molecule has 11 heteroatoms. The average Bonchev–Trinajstić information content (AvgIpc) is 3.11. The Bertz CT molecular complexity index is 842. The Labute approximate surface area is 162 Å². The number of hydrogen-bond donors (Lipinski definition) is 2. The number of halogens is 4. The fourth-order valence-corrected chi connectivity index (χ4v) is 3.38. The molecule has 0 radical (unpaired) electrons. The zero-order valence-corrected chi connectivity index (χ0v) is 15.8. The van der Waals surface area contributed by atoms with Crippen LogP contribution in [0, 0.1) is 0 Å². The molecule has 0 amide bonds. The molecule has 0 aliphatic carbocycles. The van der Waals surface area contributed by atoms with Crippen LogP contribution in [0.25, 0.3) is 0 Å². The molecule has 0 fully saturated rings. The summed E-state index contributed by atoms with van der Waals surface area (Å²) in [6, 6.07) is 3.57. The third-order valence-corrected chi connectivity index (χ3v) is 4.72. The van der Waals surface area contributed by atoms with Crippen molar-refractivity contribution in [1.29, 1.82) is 0 Å². The summed E-state index contributed by atoms with van der Waals surface area (Å²) in [4.78, 5) is 7.61. The third kappa shape index (κ3) is 4.95. The lowest BCUT2D eigenvalue weighted by molar-refractivity contribution is -0.140. The number of nitrogens with zero attached hydrogens (tertiary/aromatic N) is 2. The molecule has 2 heterocycles. The number of rotatable bonds is 4. The molecule has 0 saturated carbocycles. The average molecular weight is 421 g/mol. The first-order valence-electron chi connectivity index (χ1n) is 7.91. The Hall–Kier alpha value is -2.20. The van der Waals surface area contributed by atoms with E-state index in [1.807, 2.05) is 6.07 Å². The summed E-state index contributed by atoms with van der Waals surface area (Å²) in [5, 5.41) is 7.75. The smallest absolute Gasteiger partial charge is 0.434 e. The maximum absolute atomic E-state index is 12.6. The van der Waals surface area contributed by atoms with Crippen LogP contribution in [0.5, 0.6) is 11.5 Å². The number of ether oxygens (including phenoxy) is 2. The lowest BCUT2D eigenvalue weighted by atomic mass is 10.2. The van der Waals surface area contributed by atoms with E-state index in [0.717, 1.165) is 22.3 Å². The molecule has 1 aromatic carbocycles. The van der Waals surface area contributed by atoms with Gasteiger partial charge in [-0.1, -0.05) is 11.6 Å². The van der Waals surface area contributed by atoms with Gasteiger partial charge in [-0.2, -0.15) is 13.2 Å². The van der Waals surface area contributed by atoms with Gasteiger partial charge in [0.05, 0.1) is 11.6 Å². The minimum atomic E-state index is -4.44. The van der Waals surface area contributed by atoms with E-state index in [0.29, 0.717) is 47.2 Å². The minimum absolute atomic E-state index is 0.127. The zero-order chi connectivity index (χ0) is 19.4. The van der Waals surface area contributed by atoms with Crippen LogP contribution in [-0.2, 0) is 19.3 Å². The van der Waals surface area contributed by atoms with Gasteiger partial charge in [-0.15, -0.1) is 11.3 Å². The normalized spacial score (nSPS) is 14.2. The lowest BCUT2D eigenvalue weighted by Crippen LogP contribution is -2.36. The van der Waals surface area contributed by atoms with Gasteiger partial charge in [0, 0.05) is 19.0 Å². The van der Waals surface area contributed by atoms with Crippen LogP contribution in [0.2, 0.25) is 5.02 Å². The highest BCUT2D eigenvalue weighted by atomic mass is 35.5. The molecule has 146 valence electrons. The second-order valence-electron chi connectivity index (χ2n) is 5.51. The highest BCUT2D eigenvalue weighted by Gasteiger charge is 2.33. The fourth-order valence-electron chi connectivity index (χ4n) is 2.35. The highest BCUT2D eigenvalue weighted by molar-refractivity contribution is 7.09. The molecule has 0 unspecified atom stereocenters. The van der Waals surface area contributed by atoms with Crippen LogP contribution in [0.3, 0.4) is 0 Å². The highest BCUT2D eigenvalue weighted by Crippen LogP contribution is 2.38. The number of nitrogens with one attached hydrogen (secondary N) is 2. The molecule has 3 rings (SSSR count). The Morgan fingerprint density at radius 3 is 2.70 bits per heavy atom. The number of guanidine groups is 1. The molecule has 1 aliphatic rings. The van der Waals surface area contributed by atoms with Gasteiger partial charge in [0.2, 0.25) is 0 Å². The van der Waals surface area contributed by atoms with E-state index in [1.54, 1.807) is 13.1 Å². The Kier molecular flexibility index (Phi) is 5.95. The molecule has 0 atom stereocenters. The van der Waals surface area contributed by atoms with Gasteiger partial charge in [-0.25, -0.2) is 4.98 Å². The van der Waals surface area contributed by atoms with Crippen molar-refractivity contribution in [3.05, 3.63) is 38.8 Å². The van der Waals surface area contributed by atoms with E-state index < -0.39 is 11.9 Å². The molecule has 1 aromatic heterocycles. The molecule has 2 N–H and O–H groups in total. The van der Waals surface area contributed by atoms with Crippen molar-refractivity contribution in [3.8, 4) is 11.5 Å². The number of benzene rings is 1. The van der Waals surface area contributed by atoms with E-state index in [4.69, 9.17) is 21.1 Å². The van der Waals surface area contributed by atoms with Crippen LogP contribution >= 0.6 is 22.9 Å². The van der Waals surface area contributed by atoms with Crippen LogP contribution in [0.15, 0.2) is 22.5 Å². The largest absolute Gasteiger partial charge is 0.486 e. The summed E-state index contributed by atoms with van der Waals surface area (Å²) in [6.45, 7) is 1.43. The summed E-state index contributed by atoms with van der Waals surface area (Å²) in [5.41, 5.74) is -0.0426. The van der Waals surface area contributed by atoms with Gasteiger partial charge in [-0.3, -0.25) is 4.99 Å². The van der Waals surface area contributed by atoms with Crippen molar-refractivity contribution in [2.75, 3.05) is 20.3 Å². The monoisotopic (exact) mass is 420 g/mol. The molecule has 27 heavy (non-hydrogen) atoms. The van der Waals surface area contributed by atoms with Gasteiger partial charge < -0.3 is 20.1 Å². The molecule has 6 nitrogen and oxygen atoms in total. The fraction of sp³-hybridized carbons (Fsp3) is 0.375. The second-order valence-corrected chi connectivity index (χ2v) is 6.86. The second kappa shape index (κ2) is 8.22. The van der Waals surface area contributed by atoms with Crippen LogP contribution < -0.4 is 20.1 Å². The number of fused-ring (bicyclic) bond motifs is 1. The number of alkyl halides is 3. The number of aliphatic imine (C=N–C) groups is 1. The predicted octanol–water partition coefficient (Wildman–Crippen LogP) is 3.45. The molecule has 0 spiro atoms. The summed E-state index contributed by atoms with van der Waals surface area (Å²) in [7, 11) is 1.56. The van der Waals surface area contributed by atoms with E-state index in [2.05, 4.69) is 20.6 Å². The van der Waals surface area contributed by atoms with Crippen molar-refractivity contribution in [1.82, 2.24) is 15.6 Å². The van der Waals surface area contributed by atoms with Crippen molar-refractivity contribution in [3.63, 3.8) is 0 Å². The molecule has 0 bridgehead atoms. The quantitative estimate of drug-likeness (QED) is 0.585. The molecular weight excluding hydrogens is 405 g/mol. The molecular formula is C16H16ClF3N4O2S. The maximum Gasteiger partial charge on any atom is 0.434 e. The van der Waals surface area contributed by atoms with Crippen LogP contribution in [-0.4, -0.2) is 31.2 Å². The Balaban J connectivity index is 1.57. The maximum atomic E-state index is 12.6. The zero-order valence-electron chi connectivity index (χ0n) is 14.2.